The molecule has 5 rings (SSSR count). The van der Waals surface area contributed by atoms with E-state index in [1.54, 1.807) is 24.3 Å². The van der Waals surface area contributed by atoms with Crippen LogP contribution in [0.25, 0.3) is 16.8 Å². The van der Waals surface area contributed by atoms with Gasteiger partial charge in [-0.05, 0) is 70.4 Å². The highest BCUT2D eigenvalue weighted by Crippen LogP contribution is 2.36. The summed E-state index contributed by atoms with van der Waals surface area (Å²) in [4.78, 5) is 39.1. The van der Waals surface area contributed by atoms with Gasteiger partial charge in [0, 0.05) is 9.50 Å². The first-order valence-corrected chi connectivity index (χ1v) is 12.7. The molecular weight excluding hydrogens is 572 g/mol. The van der Waals surface area contributed by atoms with Gasteiger partial charge in [0.25, 0.3) is 11.8 Å². The number of nitrogens with one attached hydrogen (secondary N) is 1. The lowest BCUT2D eigenvalue weighted by Gasteiger charge is -2.26. The van der Waals surface area contributed by atoms with E-state index in [2.05, 4.69) is 33.4 Å². The zero-order valence-electron chi connectivity index (χ0n) is 20.0. The Balaban J connectivity index is 1.42. The molecule has 7 nitrogen and oxygen atoms in total. The Morgan fingerprint density at radius 1 is 0.921 bits per heavy atom. The minimum absolute atomic E-state index is 0.216. The van der Waals surface area contributed by atoms with Crippen LogP contribution in [-0.4, -0.2) is 25.0 Å². The van der Waals surface area contributed by atoms with Gasteiger partial charge in [-0.3, -0.25) is 14.9 Å². The minimum atomic E-state index is -0.839. The van der Waals surface area contributed by atoms with E-state index in [9.17, 15) is 14.4 Å². The smallest absolute Gasteiger partial charge is 0.335 e. The SMILES string of the molecule is COc1cc(/C=C2\C(=O)NC(=O)N(c3ccc(Cl)cc3)C2=O)c(Br)cc1OCc1ccc2ccccc2c1. The predicted octanol–water partition coefficient (Wildman–Crippen LogP) is 6.51. The monoisotopic (exact) mass is 590 g/mol. The number of hydrogen-bond donors (Lipinski definition) is 1. The topological polar surface area (TPSA) is 84.9 Å². The number of benzene rings is 4. The van der Waals surface area contributed by atoms with E-state index in [4.69, 9.17) is 21.1 Å². The fourth-order valence-corrected chi connectivity index (χ4v) is 4.62. The van der Waals surface area contributed by atoms with Crippen molar-refractivity contribution < 1.29 is 23.9 Å². The van der Waals surface area contributed by atoms with E-state index < -0.39 is 17.8 Å². The molecule has 190 valence electrons. The zero-order chi connectivity index (χ0) is 26.8. The molecule has 0 aromatic heterocycles. The Morgan fingerprint density at radius 3 is 2.39 bits per heavy atom. The van der Waals surface area contributed by atoms with Crippen LogP contribution < -0.4 is 19.7 Å². The van der Waals surface area contributed by atoms with E-state index >= 15 is 0 Å². The van der Waals surface area contributed by atoms with Gasteiger partial charge in [0.2, 0.25) is 0 Å². The van der Waals surface area contributed by atoms with Crippen molar-refractivity contribution in [2.24, 2.45) is 0 Å². The Labute approximate surface area is 231 Å². The molecule has 1 fully saturated rings. The van der Waals surface area contributed by atoms with E-state index in [0.29, 0.717) is 33.2 Å². The van der Waals surface area contributed by atoms with Gasteiger partial charge >= 0.3 is 6.03 Å². The number of amides is 4. The third kappa shape index (κ3) is 5.14. The van der Waals surface area contributed by atoms with Gasteiger partial charge in [-0.25, -0.2) is 9.69 Å². The highest BCUT2D eigenvalue weighted by Gasteiger charge is 2.37. The third-order valence-corrected chi connectivity index (χ3v) is 6.92. The number of fused-ring (bicyclic) bond motifs is 1. The number of nitrogens with zero attached hydrogens (tertiary/aromatic N) is 1. The zero-order valence-corrected chi connectivity index (χ0v) is 22.4. The van der Waals surface area contributed by atoms with Crippen molar-refractivity contribution in [1.82, 2.24) is 5.32 Å². The molecule has 1 aliphatic rings. The molecule has 1 heterocycles. The standard InChI is InChI=1S/C29H20BrClN2O5/c1-37-25-14-20(13-23-27(34)32-29(36)33(28(23)35)22-10-8-21(31)9-11-22)24(30)15-26(25)38-16-17-6-7-18-4-2-3-5-19(18)12-17/h2-15H,16H2,1H3,(H,32,34,36)/b23-13+. The summed E-state index contributed by atoms with van der Waals surface area (Å²) in [5.41, 5.74) is 1.55. The molecule has 1 saturated heterocycles. The lowest BCUT2D eigenvalue weighted by atomic mass is 10.1. The van der Waals surface area contributed by atoms with Crippen molar-refractivity contribution >= 4 is 67.9 Å². The maximum absolute atomic E-state index is 13.2. The average Bonchev–Trinajstić information content (AvgIpc) is 2.91. The molecule has 4 aromatic carbocycles. The van der Waals surface area contributed by atoms with Crippen molar-refractivity contribution in [3.05, 3.63) is 105 Å². The number of methoxy groups -OCH3 is 1. The Bertz CT molecular complexity index is 1620. The summed E-state index contributed by atoms with van der Waals surface area (Å²) < 4.78 is 12.1. The Hall–Kier alpha value is -4.14. The van der Waals surface area contributed by atoms with Crippen LogP contribution in [0.5, 0.6) is 11.5 Å². The average molecular weight is 592 g/mol. The maximum Gasteiger partial charge on any atom is 0.335 e. The van der Waals surface area contributed by atoms with E-state index in [0.717, 1.165) is 21.2 Å². The number of halogens is 2. The van der Waals surface area contributed by atoms with Crippen LogP contribution in [0.2, 0.25) is 5.02 Å². The number of hydrogen-bond acceptors (Lipinski definition) is 5. The number of carbonyl (C=O) groups is 3. The number of carbonyl (C=O) groups excluding carboxylic acids is 3. The number of imide groups is 2. The minimum Gasteiger partial charge on any atom is -0.493 e. The second-order valence-corrected chi connectivity index (χ2v) is 9.72. The van der Waals surface area contributed by atoms with Gasteiger partial charge in [0.15, 0.2) is 11.5 Å². The summed E-state index contributed by atoms with van der Waals surface area (Å²) in [7, 11) is 1.50. The van der Waals surface area contributed by atoms with Crippen LogP contribution in [0.4, 0.5) is 10.5 Å². The first kappa shape index (κ1) is 25.5. The highest BCUT2D eigenvalue weighted by atomic mass is 79.9. The maximum atomic E-state index is 13.2. The van der Waals surface area contributed by atoms with Crippen molar-refractivity contribution in [1.29, 1.82) is 0 Å². The summed E-state index contributed by atoms with van der Waals surface area (Å²) in [6.45, 7) is 0.313. The van der Waals surface area contributed by atoms with Crippen LogP contribution >= 0.6 is 27.5 Å². The number of anilines is 1. The number of rotatable bonds is 6. The summed E-state index contributed by atoms with van der Waals surface area (Å²) in [5, 5.41) is 4.92. The number of ether oxygens (including phenoxy) is 2. The molecule has 1 aliphatic heterocycles. The van der Waals surface area contributed by atoms with Crippen molar-refractivity contribution in [3.63, 3.8) is 0 Å². The van der Waals surface area contributed by atoms with E-state index in [1.807, 2.05) is 30.3 Å². The predicted molar refractivity (Wildman–Crippen MR) is 149 cm³/mol. The lowest BCUT2D eigenvalue weighted by molar-refractivity contribution is -0.122. The fraction of sp³-hybridized carbons (Fsp3) is 0.0690. The van der Waals surface area contributed by atoms with Gasteiger partial charge < -0.3 is 9.47 Å². The first-order valence-electron chi connectivity index (χ1n) is 11.5. The van der Waals surface area contributed by atoms with Crippen LogP contribution in [0.1, 0.15) is 11.1 Å². The normalized spacial score (nSPS) is 14.7. The Kier molecular flexibility index (Phi) is 7.18. The highest BCUT2D eigenvalue weighted by molar-refractivity contribution is 9.10. The van der Waals surface area contributed by atoms with Crippen molar-refractivity contribution in [3.8, 4) is 11.5 Å². The van der Waals surface area contributed by atoms with Gasteiger partial charge in [-0.1, -0.05) is 63.9 Å². The quantitative estimate of drug-likeness (QED) is 0.204. The molecule has 0 unspecified atom stereocenters. The number of barbiturate groups is 1. The van der Waals surface area contributed by atoms with Gasteiger partial charge in [0.05, 0.1) is 12.8 Å². The third-order valence-electron chi connectivity index (χ3n) is 5.98. The molecule has 4 aromatic rings. The molecule has 0 radical (unpaired) electrons. The second kappa shape index (κ2) is 10.7. The molecule has 0 spiro atoms. The molecule has 38 heavy (non-hydrogen) atoms. The molecule has 0 atom stereocenters. The molecule has 9 heteroatoms. The molecule has 0 aliphatic carbocycles. The van der Waals surface area contributed by atoms with Crippen LogP contribution in [0.3, 0.4) is 0 Å². The lowest BCUT2D eigenvalue weighted by Crippen LogP contribution is -2.54. The molecule has 0 saturated carbocycles. The molecule has 1 N–H and O–H groups in total. The van der Waals surface area contributed by atoms with Crippen LogP contribution in [0, 0.1) is 0 Å². The number of urea groups is 1. The van der Waals surface area contributed by atoms with E-state index in [1.165, 1.54) is 25.3 Å². The summed E-state index contributed by atoms with van der Waals surface area (Å²) >= 11 is 9.42. The van der Waals surface area contributed by atoms with Crippen LogP contribution in [0.15, 0.2) is 88.9 Å². The summed E-state index contributed by atoms with van der Waals surface area (Å²) in [5.74, 6) is -0.668. The second-order valence-electron chi connectivity index (χ2n) is 8.43. The first-order chi connectivity index (χ1) is 18.3. The van der Waals surface area contributed by atoms with Crippen LogP contribution in [-0.2, 0) is 16.2 Å². The van der Waals surface area contributed by atoms with Gasteiger partial charge in [-0.2, -0.15) is 0 Å². The largest absolute Gasteiger partial charge is 0.493 e. The fourth-order valence-electron chi connectivity index (χ4n) is 4.06. The Morgan fingerprint density at radius 2 is 1.66 bits per heavy atom. The van der Waals surface area contributed by atoms with E-state index in [-0.39, 0.29) is 11.3 Å². The molecular formula is C29H20BrClN2O5. The van der Waals surface area contributed by atoms with Gasteiger partial charge in [-0.15, -0.1) is 0 Å². The summed E-state index contributed by atoms with van der Waals surface area (Å²) in [6.07, 6.45) is 1.40. The molecule has 4 amide bonds. The van der Waals surface area contributed by atoms with Gasteiger partial charge in [0.1, 0.15) is 12.2 Å². The van der Waals surface area contributed by atoms with Crippen molar-refractivity contribution in [2.75, 3.05) is 12.0 Å². The molecule has 0 bridgehead atoms. The van der Waals surface area contributed by atoms with Crippen molar-refractivity contribution in [2.45, 2.75) is 6.61 Å². The summed E-state index contributed by atoms with van der Waals surface area (Å²) in [6, 6.07) is 22.9.